The topological polar surface area (TPSA) is 48.7 Å². The van der Waals surface area contributed by atoms with Crippen LogP contribution in [0.25, 0.3) is 105 Å². The molecule has 2 aliphatic rings. The number of ether oxygens (including phenoxy) is 1. The van der Waals surface area contributed by atoms with Gasteiger partial charge in [0.15, 0.2) is 22.5 Å². The Morgan fingerprint density at radius 1 is 0.362 bits per heavy atom. The van der Waals surface area contributed by atoms with E-state index < -0.39 is 0 Å². The van der Waals surface area contributed by atoms with Crippen LogP contribution in [-0.4, -0.2) is 6.10 Å². The van der Waals surface area contributed by atoms with Crippen molar-refractivity contribution in [2.24, 2.45) is 0 Å². The second kappa shape index (κ2) is 12.0. The van der Waals surface area contributed by atoms with Crippen LogP contribution in [0.3, 0.4) is 0 Å². The number of furan rings is 3. The third-order valence-corrected chi connectivity index (χ3v) is 12.3. The summed E-state index contributed by atoms with van der Waals surface area (Å²) in [6, 6.07) is 57.8. The average Bonchev–Trinajstić information content (AvgIpc) is 4.06. The number of hydrogen-bond acceptors (Lipinski definition) is 4. The molecule has 0 saturated heterocycles. The van der Waals surface area contributed by atoms with E-state index in [1.165, 1.54) is 22.3 Å². The normalized spacial score (nSPS) is 16.1. The maximum atomic E-state index is 6.57. The summed E-state index contributed by atoms with van der Waals surface area (Å²) in [4.78, 5) is 0. The van der Waals surface area contributed by atoms with E-state index in [-0.39, 0.29) is 12.0 Å². The fraction of sp³-hybridized carbons (Fsp3) is 0.0370. The number of fused-ring (bicyclic) bond motifs is 14. The molecule has 0 amide bonds. The summed E-state index contributed by atoms with van der Waals surface area (Å²) in [5.41, 5.74) is 15.4. The molecule has 13 rings (SSSR count). The van der Waals surface area contributed by atoms with Gasteiger partial charge < -0.3 is 18.0 Å². The molecule has 58 heavy (non-hydrogen) atoms. The van der Waals surface area contributed by atoms with Crippen LogP contribution in [0.15, 0.2) is 195 Å². The van der Waals surface area contributed by atoms with Gasteiger partial charge in [0.05, 0.1) is 0 Å². The van der Waals surface area contributed by atoms with Crippen LogP contribution in [-0.2, 0) is 0 Å². The summed E-state index contributed by atoms with van der Waals surface area (Å²) < 4.78 is 26.0. The molecule has 2 atom stereocenters. The van der Waals surface area contributed by atoms with Crippen molar-refractivity contribution >= 4 is 71.4 Å². The fourth-order valence-corrected chi connectivity index (χ4v) is 9.31. The molecule has 272 valence electrons. The van der Waals surface area contributed by atoms with Crippen LogP contribution in [0.5, 0.6) is 5.75 Å². The van der Waals surface area contributed by atoms with E-state index in [1.807, 2.05) is 6.07 Å². The highest BCUT2D eigenvalue weighted by molar-refractivity contribution is 6.19. The average molecular weight is 745 g/mol. The van der Waals surface area contributed by atoms with E-state index in [0.29, 0.717) is 0 Å². The molecule has 4 heteroatoms. The maximum Gasteiger partial charge on any atom is 0.178 e. The third-order valence-electron chi connectivity index (χ3n) is 12.3. The smallest absolute Gasteiger partial charge is 0.178 e. The fourth-order valence-electron chi connectivity index (χ4n) is 9.31. The van der Waals surface area contributed by atoms with Crippen molar-refractivity contribution in [3.05, 3.63) is 193 Å². The highest BCUT2D eigenvalue weighted by Crippen LogP contribution is 2.49. The Morgan fingerprint density at radius 2 is 0.810 bits per heavy atom. The molecule has 4 nitrogen and oxygen atoms in total. The van der Waals surface area contributed by atoms with E-state index in [2.05, 4.69) is 176 Å². The molecular formula is C54H32O4. The molecule has 4 heterocycles. The molecule has 1 aliphatic heterocycles. The van der Waals surface area contributed by atoms with Gasteiger partial charge in [-0.05, 0) is 105 Å². The first-order chi connectivity index (χ1) is 28.7. The lowest BCUT2D eigenvalue weighted by Crippen LogP contribution is -2.16. The van der Waals surface area contributed by atoms with Crippen molar-refractivity contribution in [1.29, 1.82) is 0 Å². The molecule has 2 unspecified atom stereocenters. The molecule has 11 aromatic rings. The first-order valence-electron chi connectivity index (χ1n) is 19.8. The predicted octanol–water partition coefficient (Wildman–Crippen LogP) is 14.9. The second-order valence-corrected chi connectivity index (χ2v) is 15.5. The van der Waals surface area contributed by atoms with Gasteiger partial charge in [-0.1, -0.05) is 121 Å². The molecule has 0 bridgehead atoms. The van der Waals surface area contributed by atoms with Crippen molar-refractivity contribution in [3.63, 3.8) is 0 Å². The molecular weight excluding hydrogens is 713 g/mol. The van der Waals surface area contributed by atoms with Gasteiger partial charge in [0.25, 0.3) is 0 Å². The number of benzene rings is 8. The molecule has 0 radical (unpaired) electrons. The molecule has 1 aliphatic carbocycles. The molecule has 0 spiro atoms. The van der Waals surface area contributed by atoms with E-state index in [4.69, 9.17) is 18.0 Å². The van der Waals surface area contributed by atoms with Crippen molar-refractivity contribution < 1.29 is 18.0 Å². The summed E-state index contributed by atoms with van der Waals surface area (Å²) >= 11 is 0. The quantitative estimate of drug-likeness (QED) is 0.180. The van der Waals surface area contributed by atoms with Gasteiger partial charge in [0, 0.05) is 43.8 Å². The Kier molecular flexibility index (Phi) is 6.53. The molecule has 0 N–H and O–H groups in total. The van der Waals surface area contributed by atoms with Gasteiger partial charge in [-0.2, -0.15) is 0 Å². The Labute approximate surface area is 332 Å². The monoisotopic (exact) mass is 744 g/mol. The molecule has 0 fully saturated rings. The Bertz CT molecular complexity index is 3520. The minimum absolute atomic E-state index is 0.0370. The van der Waals surface area contributed by atoms with Gasteiger partial charge >= 0.3 is 0 Å². The lowest BCUT2D eigenvalue weighted by atomic mass is 9.87. The lowest BCUT2D eigenvalue weighted by molar-refractivity contribution is 0.269. The summed E-state index contributed by atoms with van der Waals surface area (Å²) in [6.45, 7) is 0. The van der Waals surface area contributed by atoms with Gasteiger partial charge in [0.2, 0.25) is 0 Å². The largest absolute Gasteiger partial charge is 0.481 e. The van der Waals surface area contributed by atoms with E-state index in [9.17, 15) is 0 Å². The first-order valence-corrected chi connectivity index (χ1v) is 19.8. The van der Waals surface area contributed by atoms with Gasteiger partial charge in [-0.25, -0.2) is 0 Å². The van der Waals surface area contributed by atoms with Crippen molar-refractivity contribution in [3.8, 4) is 39.1 Å². The van der Waals surface area contributed by atoms with Crippen molar-refractivity contribution in [1.82, 2.24) is 0 Å². The van der Waals surface area contributed by atoms with E-state index in [1.54, 1.807) is 0 Å². The molecule has 0 saturated carbocycles. The van der Waals surface area contributed by atoms with Crippen LogP contribution in [0.4, 0.5) is 0 Å². The maximum absolute atomic E-state index is 6.57. The van der Waals surface area contributed by atoms with Gasteiger partial charge in [0.1, 0.15) is 22.9 Å². The van der Waals surface area contributed by atoms with Crippen LogP contribution in [0.2, 0.25) is 0 Å². The van der Waals surface area contributed by atoms with Gasteiger partial charge in [-0.3, -0.25) is 0 Å². The Hall–Kier alpha value is -7.56. The van der Waals surface area contributed by atoms with E-state index in [0.717, 1.165) is 99.4 Å². The highest BCUT2D eigenvalue weighted by atomic mass is 16.5. The zero-order valence-electron chi connectivity index (χ0n) is 31.1. The summed E-state index contributed by atoms with van der Waals surface area (Å²) in [5.74, 6) is 1.00. The minimum Gasteiger partial charge on any atom is -0.481 e. The van der Waals surface area contributed by atoms with Crippen LogP contribution in [0, 0.1) is 0 Å². The predicted molar refractivity (Wildman–Crippen MR) is 235 cm³/mol. The van der Waals surface area contributed by atoms with Crippen LogP contribution < -0.4 is 4.74 Å². The molecule has 3 aromatic heterocycles. The Morgan fingerprint density at radius 3 is 1.36 bits per heavy atom. The first kappa shape index (κ1) is 31.6. The number of hydrogen-bond donors (Lipinski definition) is 0. The highest BCUT2D eigenvalue weighted by Gasteiger charge is 2.36. The summed E-state index contributed by atoms with van der Waals surface area (Å²) in [7, 11) is 0. The lowest BCUT2D eigenvalue weighted by Gasteiger charge is -2.18. The summed E-state index contributed by atoms with van der Waals surface area (Å²) in [5, 5.41) is 6.41. The Balaban J connectivity index is 0.821. The second-order valence-electron chi connectivity index (χ2n) is 15.5. The SMILES string of the molecule is C1=CC2Oc3c(ccc4c3oc3ccc(-c5ccc(-c6ccc7oc8c(ccc9c%10cc(-c%11ccccc%11)ccc%10oc98)c7c6)cc5)cc34)C2C=C1c1ccccc1. The summed E-state index contributed by atoms with van der Waals surface area (Å²) in [6.07, 6.45) is 6.65. The van der Waals surface area contributed by atoms with Gasteiger partial charge in [-0.15, -0.1) is 0 Å². The zero-order valence-corrected chi connectivity index (χ0v) is 31.1. The van der Waals surface area contributed by atoms with Crippen LogP contribution >= 0.6 is 0 Å². The number of rotatable bonds is 4. The molecule has 8 aromatic carbocycles. The van der Waals surface area contributed by atoms with E-state index >= 15 is 0 Å². The number of allylic oxidation sites excluding steroid dienone is 2. The third kappa shape index (κ3) is 4.69. The van der Waals surface area contributed by atoms with Crippen molar-refractivity contribution in [2.45, 2.75) is 12.0 Å². The zero-order chi connectivity index (χ0) is 37.9. The van der Waals surface area contributed by atoms with Crippen LogP contribution in [0.1, 0.15) is 17.0 Å². The minimum atomic E-state index is -0.0370. The van der Waals surface area contributed by atoms with Crippen molar-refractivity contribution in [2.75, 3.05) is 0 Å². The standard InChI is InChI=1S/C54H32O4/c1-3-7-31(8-4-1)35-15-23-47-43(27-35)39-19-21-41-45-29-37(17-25-49(45)57-53(41)51(39)55-47)33-11-13-34(14-12-33)38-18-26-50-46(30-38)42-22-20-40-44-28-36(32-9-5-2-6-10-32)16-24-48(44)56-52(40)54(42)58-50/h1-30,43,47H.